The average Bonchev–Trinajstić information content (AvgIpc) is 3.42. The molecule has 164 valence electrons. The Balaban J connectivity index is 1.46. The van der Waals surface area contributed by atoms with Crippen molar-refractivity contribution in [3.8, 4) is 11.5 Å². The van der Waals surface area contributed by atoms with Crippen molar-refractivity contribution in [1.82, 2.24) is 20.2 Å². The highest BCUT2D eigenvalue weighted by molar-refractivity contribution is 5.79. The first-order chi connectivity index (χ1) is 14.7. The lowest BCUT2D eigenvalue weighted by Gasteiger charge is -2.19. The third-order valence-corrected chi connectivity index (χ3v) is 5.58. The molecule has 3 rings (SSSR count). The predicted molar refractivity (Wildman–Crippen MR) is 120 cm³/mol. The number of ether oxygens (including phenoxy) is 2. The van der Waals surface area contributed by atoms with E-state index in [4.69, 9.17) is 9.47 Å². The second kappa shape index (κ2) is 11.5. The largest absolute Gasteiger partial charge is 0.497 e. The first-order valence-electron chi connectivity index (χ1n) is 11.0. The number of rotatable bonds is 10. The van der Waals surface area contributed by atoms with Gasteiger partial charge in [-0.2, -0.15) is 0 Å². The number of aryl methyl sites for hydroxylation is 2. The molecule has 0 atom stereocenters. The highest BCUT2D eigenvalue weighted by atomic mass is 16.5. The molecule has 1 fully saturated rings. The highest BCUT2D eigenvalue weighted by Gasteiger charge is 2.18. The molecular weight excluding hydrogens is 378 g/mol. The summed E-state index contributed by atoms with van der Waals surface area (Å²) >= 11 is 0. The molecule has 30 heavy (non-hydrogen) atoms. The summed E-state index contributed by atoms with van der Waals surface area (Å²) in [7, 11) is 3.49. The van der Waals surface area contributed by atoms with Crippen molar-refractivity contribution < 1.29 is 9.47 Å². The molecule has 0 spiro atoms. The smallest absolute Gasteiger partial charge is 0.191 e. The van der Waals surface area contributed by atoms with Crippen LogP contribution in [0.5, 0.6) is 11.5 Å². The van der Waals surface area contributed by atoms with Gasteiger partial charge in [-0.05, 0) is 57.6 Å². The minimum absolute atomic E-state index is 0.312. The number of aromatic nitrogens is 2. The monoisotopic (exact) mass is 413 g/mol. The molecule has 2 N–H and O–H groups in total. The molecule has 2 aromatic rings. The first kappa shape index (κ1) is 22.0. The van der Waals surface area contributed by atoms with Crippen molar-refractivity contribution in [3.05, 3.63) is 42.0 Å². The Bertz CT molecular complexity index is 812. The molecule has 1 aromatic carbocycles. The summed E-state index contributed by atoms with van der Waals surface area (Å²) in [5.74, 6) is 3.59. The maximum atomic E-state index is 6.29. The molecule has 1 aliphatic carbocycles. The zero-order chi connectivity index (χ0) is 21.2. The molecule has 1 aliphatic rings. The van der Waals surface area contributed by atoms with Crippen LogP contribution in [0.4, 0.5) is 0 Å². The summed E-state index contributed by atoms with van der Waals surface area (Å²) in [5, 5.41) is 6.80. The lowest BCUT2D eigenvalue weighted by molar-refractivity contribution is 0.207. The summed E-state index contributed by atoms with van der Waals surface area (Å²) in [6, 6.07) is 6.03. The van der Waals surface area contributed by atoms with Gasteiger partial charge in [0.05, 0.1) is 13.2 Å². The van der Waals surface area contributed by atoms with Crippen LogP contribution in [0.25, 0.3) is 0 Å². The van der Waals surface area contributed by atoms with Gasteiger partial charge in [0, 0.05) is 50.7 Å². The Kier molecular flexibility index (Phi) is 8.41. The number of aliphatic imine (C=N–C) groups is 1. The van der Waals surface area contributed by atoms with Gasteiger partial charge in [-0.15, -0.1) is 0 Å². The third kappa shape index (κ3) is 6.40. The molecule has 1 heterocycles. The van der Waals surface area contributed by atoms with Gasteiger partial charge in [-0.3, -0.25) is 4.99 Å². The second-order valence-corrected chi connectivity index (χ2v) is 7.73. The van der Waals surface area contributed by atoms with Gasteiger partial charge in [0.1, 0.15) is 17.3 Å². The van der Waals surface area contributed by atoms with E-state index in [9.17, 15) is 0 Å². The SMILES string of the molecule is CN=C(NCCCCn1ccnc1C)NCc1ccc(OC)cc1OC1CCCC1. The molecule has 0 radical (unpaired) electrons. The Morgan fingerprint density at radius 2 is 2.07 bits per heavy atom. The fourth-order valence-electron chi connectivity index (χ4n) is 3.76. The van der Waals surface area contributed by atoms with Crippen molar-refractivity contribution in [2.75, 3.05) is 20.7 Å². The van der Waals surface area contributed by atoms with Gasteiger partial charge in [-0.1, -0.05) is 0 Å². The molecule has 0 unspecified atom stereocenters. The first-order valence-corrected chi connectivity index (χ1v) is 11.0. The summed E-state index contributed by atoms with van der Waals surface area (Å²) in [4.78, 5) is 8.61. The zero-order valence-corrected chi connectivity index (χ0v) is 18.5. The number of nitrogens with one attached hydrogen (secondary N) is 2. The van der Waals surface area contributed by atoms with Crippen LogP contribution in [0.3, 0.4) is 0 Å². The molecule has 1 saturated carbocycles. The molecule has 0 saturated heterocycles. The number of hydrogen-bond acceptors (Lipinski definition) is 4. The molecule has 7 nitrogen and oxygen atoms in total. The summed E-state index contributed by atoms with van der Waals surface area (Å²) in [6.45, 7) is 4.56. The lowest BCUT2D eigenvalue weighted by Crippen LogP contribution is -2.37. The van der Waals surface area contributed by atoms with Crippen LogP contribution in [0.1, 0.15) is 49.9 Å². The van der Waals surface area contributed by atoms with E-state index in [0.717, 1.165) is 67.6 Å². The van der Waals surface area contributed by atoms with E-state index in [1.807, 2.05) is 31.5 Å². The number of benzene rings is 1. The fourth-order valence-corrected chi connectivity index (χ4v) is 3.76. The normalized spacial score (nSPS) is 14.7. The third-order valence-electron chi connectivity index (χ3n) is 5.58. The maximum Gasteiger partial charge on any atom is 0.191 e. The predicted octanol–water partition coefficient (Wildman–Crippen LogP) is 3.67. The second-order valence-electron chi connectivity index (χ2n) is 7.73. The molecule has 0 bridgehead atoms. The number of guanidine groups is 1. The molecule has 0 aliphatic heterocycles. The minimum Gasteiger partial charge on any atom is -0.497 e. The van der Waals surface area contributed by atoms with Crippen LogP contribution in [0.2, 0.25) is 0 Å². The summed E-state index contributed by atoms with van der Waals surface area (Å²) < 4.78 is 13.9. The van der Waals surface area contributed by atoms with E-state index in [-0.39, 0.29) is 0 Å². The van der Waals surface area contributed by atoms with Gasteiger partial charge in [0.25, 0.3) is 0 Å². The van der Waals surface area contributed by atoms with Gasteiger partial charge >= 0.3 is 0 Å². The van der Waals surface area contributed by atoms with E-state index in [0.29, 0.717) is 12.6 Å². The number of unbranched alkanes of at least 4 members (excludes halogenated alkanes) is 1. The van der Waals surface area contributed by atoms with Crippen molar-refractivity contribution >= 4 is 5.96 Å². The van der Waals surface area contributed by atoms with Crippen LogP contribution >= 0.6 is 0 Å². The van der Waals surface area contributed by atoms with Crippen LogP contribution in [-0.4, -0.2) is 42.3 Å². The number of imidazole rings is 1. The average molecular weight is 414 g/mol. The van der Waals surface area contributed by atoms with E-state index in [1.54, 1.807) is 14.2 Å². The van der Waals surface area contributed by atoms with E-state index < -0.39 is 0 Å². The molecular formula is C23H35N5O2. The Hall–Kier alpha value is -2.70. The topological polar surface area (TPSA) is 72.7 Å². The van der Waals surface area contributed by atoms with Gasteiger partial charge in [0.15, 0.2) is 5.96 Å². The summed E-state index contributed by atoms with van der Waals surface area (Å²) in [6.07, 6.45) is 11.1. The van der Waals surface area contributed by atoms with E-state index in [1.165, 1.54) is 12.8 Å². The quantitative estimate of drug-likeness (QED) is 0.353. The van der Waals surface area contributed by atoms with Crippen molar-refractivity contribution in [2.24, 2.45) is 4.99 Å². The van der Waals surface area contributed by atoms with Crippen LogP contribution in [0.15, 0.2) is 35.6 Å². The van der Waals surface area contributed by atoms with Crippen molar-refractivity contribution in [3.63, 3.8) is 0 Å². The maximum absolute atomic E-state index is 6.29. The molecule has 7 heteroatoms. The number of nitrogens with zero attached hydrogens (tertiary/aromatic N) is 3. The van der Waals surface area contributed by atoms with Crippen LogP contribution < -0.4 is 20.1 Å². The van der Waals surface area contributed by atoms with E-state index >= 15 is 0 Å². The van der Waals surface area contributed by atoms with Gasteiger partial charge in [-0.25, -0.2) is 4.98 Å². The molecule has 0 amide bonds. The van der Waals surface area contributed by atoms with Gasteiger partial charge < -0.3 is 24.7 Å². The highest BCUT2D eigenvalue weighted by Crippen LogP contribution is 2.29. The van der Waals surface area contributed by atoms with Crippen LogP contribution in [-0.2, 0) is 13.1 Å². The number of methoxy groups -OCH3 is 1. The number of hydrogen-bond donors (Lipinski definition) is 2. The zero-order valence-electron chi connectivity index (χ0n) is 18.5. The fraction of sp³-hybridized carbons (Fsp3) is 0.565. The standard InChI is InChI=1S/C23H35N5O2/c1-18-25-13-15-28(18)14-7-6-12-26-23(24-2)27-17-19-10-11-21(29-3)16-22(19)30-20-8-4-5-9-20/h10-11,13,15-16,20H,4-9,12,14,17H2,1-3H3,(H2,24,26,27). The minimum atomic E-state index is 0.312. The van der Waals surface area contributed by atoms with Crippen molar-refractivity contribution in [2.45, 2.75) is 64.6 Å². The van der Waals surface area contributed by atoms with Crippen molar-refractivity contribution in [1.29, 1.82) is 0 Å². The van der Waals surface area contributed by atoms with Crippen LogP contribution in [0, 0.1) is 6.92 Å². The summed E-state index contributed by atoms with van der Waals surface area (Å²) in [5.41, 5.74) is 1.11. The molecule has 1 aromatic heterocycles. The Labute approximate surface area is 179 Å². The lowest BCUT2D eigenvalue weighted by atomic mass is 10.2. The Morgan fingerprint density at radius 3 is 2.77 bits per heavy atom. The Morgan fingerprint density at radius 1 is 1.23 bits per heavy atom. The van der Waals surface area contributed by atoms with E-state index in [2.05, 4.69) is 31.2 Å². The van der Waals surface area contributed by atoms with Gasteiger partial charge in [0.2, 0.25) is 0 Å².